The Morgan fingerprint density at radius 1 is 0.142 bits per heavy atom. The van der Waals surface area contributed by atoms with E-state index in [1.54, 1.807) is 0 Å². The second-order valence-corrected chi connectivity index (χ2v) is 25.3. The molecule has 7 nitrogen and oxygen atoms in total. The Hall–Kier alpha value is -14.3. The van der Waals surface area contributed by atoms with Crippen molar-refractivity contribution in [1.82, 2.24) is 4.98 Å². The molecule has 0 aliphatic heterocycles. The molecule has 0 aliphatic carbocycles. The lowest BCUT2D eigenvalue weighted by Gasteiger charge is -2.10. The van der Waals surface area contributed by atoms with E-state index < -0.39 is 0 Å². The van der Waals surface area contributed by atoms with E-state index in [4.69, 9.17) is 0 Å². The number of pyridine rings is 1. The van der Waals surface area contributed by atoms with Gasteiger partial charge in [0.25, 0.3) is 0 Å². The van der Waals surface area contributed by atoms with Gasteiger partial charge in [0.1, 0.15) is 0 Å². The van der Waals surface area contributed by atoms with E-state index >= 15 is 0 Å². The maximum Gasteiger partial charge on any atom is 0.0722 e. The van der Waals surface area contributed by atoms with Crippen LogP contribution in [0.5, 0.6) is 0 Å². The molecule has 19 aromatic rings. The van der Waals surface area contributed by atoms with Gasteiger partial charge in [-0.1, -0.05) is 303 Å². The minimum atomic E-state index is 1.01. The third-order valence-electron chi connectivity index (χ3n) is 17.8. The molecule has 510 valence electrons. The molecule has 18 aromatic carbocycles. The third-order valence-corrected chi connectivity index (χ3v) is 17.8. The highest BCUT2D eigenvalue weighted by atomic mass is 14.9. The molecule has 0 bridgehead atoms. The second-order valence-electron chi connectivity index (χ2n) is 25.3. The lowest BCUT2D eigenvalue weighted by molar-refractivity contribution is 1.40. The number of aromatic nitrogens is 1. The van der Waals surface area contributed by atoms with E-state index in [-0.39, 0.29) is 0 Å². The fourth-order valence-corrected chi connectivity index (χ4v) is 12.5. The van der Waals surface area contributed by atoms with E-state index in [1.165, 1.54) is 64.6 Å². The Labute approximate surface area is 619 Å². The minimum Gasteiger partial charge on any atom is -0.356 e. The van der Waals surface area contributed by atoms with Crippen molar-refractivity contribution in [3.05, 3.63) is 443 Å². The number of nitrogens with one attached hydrogen (secondary N) is 6. The second kappa shape index (κ2) is 35.4. The first-order valence-electron chi connectivity index (χ1n) is 35.6. The van der Waals surface area contributed by atoms with Crippen LogP contribution in [0.15, 0.2) is 443 Å². The van der Waals surface area contributed by atoms with Crippen LogP contribution < -0.4 is 31.9 Å². The molecule has 19 rings (SSSR count). The molecule has 0 unspecified atom stereocenters. The predicted molar refractivity (Wildman–Crippen MR) is 457 cm³/mol. The summed E-state index contributed by atoms with van der Waals surface area (Å²) in [5, 5.41) is 36.8. The zero-order chi connectivity index (χ0) is 71.6. The number of rotatable bonds is 12. The summed E-state index contributed by atoms with van der Waals surface area (Å²) in [5.74, 6) is 0. The minimum absolute atomic E-state index is 1.01. The molecule has 1 aromatic heterocycles. The first kappa shape index (κ1) is 68.8. The zero-order valence-electron chi connectivity index (χ0n) is 58.6. The van der Waals surface area contributed by atoms with Crippen LogP contribution in [0, 0.1) is 0 Å². The molecule has 0 spiro atoms. The fourth-order valence-electron chi connectivity index (χ4n) is 12.5. The van der Waals surface area contributed by atoms with Crippen molar-refractivity contribution in [2.24, 2.45) is 0 Å². The highest BCUT2D eigenvalue weighted by Crippen LogP contribution is 2.32. The van der Waals surface area contributed by atoms with Crippen LogP contribution in [0.1, 0.15) is 0 Å². The number of anilines is 12. The SMILES string of the molecule is c1ccc(Nc2ccc3ccccc3c2)cc1.c1ccc(Nc2cccc3ccccc23)cc1.c1ccc(Nc2ccccc2)cc1.c1ccc(Nc2ccnc3ccccc23)cc1.c1ccc2cc(Nc3ccc4ccccc4c3)ccc2c1.c1ccc2cc(Nc3cccc4ccccc34)ccc2c1. The Morgan fingerprint density at radius 3 is 0.736 bits per heavy atom. The molecule has 6 N–H and O–H groups in total. The fraction of sp³-hybridized carbons (Fsp3) is 0. The number of hydrogen-bond acceptors (Lipinski definition) is 7. The van der Waals surface area contributed by atoms with Gasteiger partial charge in [-0.2, -0.15) is 0 Å². The third kappa shape index (κ3) is 19.0. The Morgan fingerprint density at radius 2 is 0.377 bits per heavy atom. The van der Waals surface area contributed by atoms with Gasteiger partial charge in [-0.25, -0.2) is 0 Å². The summed E-state index contributed by atoms with van der Waals surface area (Å²) in [7, 11) is 0. The van der Waals surface area contributed by atoms with Crippen molar-refractivity contribution in [3.8, 4) is 0 Å². The van der Waals surface area contributed by atoms with Crippen LogP contribution in [-0.2, 0) is 0 Å². The van der Waals surface area contributed by atoms with Gasteiger partial charge in [-0.05, 0) is 187 Å². The largest absolute Gasteiger partial charge is 0.356 e. The summed E-state index contributed by atoms with van der Waals surface area (Å²) < 4.78 is 0. The molecular weight excluding hydrogens is 1290 g/mol. The van der Waals surface area contributed by atoms with Crippen molar-refractivity contribution >= 4 is 144 Å². The molecule has 7 heteroatoms. The van der Waals surface area contributed by atoms with Crippen molar-refractivity contribution in [3.63, 3.8) is 0 Å². The highest BCUT2D eigenvalue weighted by Gasteiger charge is 2.06. The van der Waals surface area contributed by atoms with Crippen LogP contribution in [0.25, 0.3) is 75.5 Å². The first-order valence-corrected chi connectivity index (χ1v) is 35.6. The number of fused-ring (bicyclic) bond motifs is 7. The van der Waals surface area contributed by atoms with Gasteiger partial charge in [-0.15, -0.1) is 0 Å². The standard InChI is InChI=1S/2C20H15N.2C16H13N.C15H12N2.C12H11N/c1-3-7-17-13-19(11-9-15(17)5-1)21-20-12-10-16-6-2-4-8-18(16)14-20;1-2-8-17-14-18(13-12-15(17)6-1)21-20-11-5-9-16-7-3-4-10-19(16)20;1-2-9-14(10-3-1)17-16-12-6-8-13-7-4-5-11-15(13)16;1-2-8-15(9-3-1)17-16-11-10-13-6-4-5-7-14(13)12-16;1-2-6-12(7-3-1)17-15-10-11-16-14-9-5-4-8-13(14)15;1-3-7-11(8-4-1)13-12-9-5-2-6-10-12/h2*1-14,21H;2*1-12,17H;1-11H,(H,16,17);1-10,13H. The van der Waals surface area contributed by atoms with Crippen LogP contribution in [-0.4, -0.2) is 4.98 Å². The number of hydrogen-bond donors (Lipinski definition) is 6. The van der Waals surface area contributed by atoms with Crippen LogP contribution in [0.2, 0.25) is 0 Å². The van der Waals surface area contributed by atoms with Crippen molar-refractivity contribution in [2.45, 2.75) is 0 Å². The molecule has 1 heterocycles. The number of nitrogens with zero attached hydrogens (tertiary/aromatic N) is 1. The molecule has 0 amide bonds. The van der Waals surface area contributed by atoms with Gasteiger partial charge in [0.05, 0.1) is 5.52 Å². The number of para-hydroxylation sites is 6. The lowest BCUT2D eigenvalue weighted by atomic mass is 10.1. The van der Waals surface area contributed by atoms with Gasteiger partial charge in [0, 0.05) is 90.6 Å². The summed E-state index contributed by atoms with van der Waals surface area (Å²) in [6.07, 6.45) is 1.83. The monoisotopic (exact) mass is 1370 g/mol. The molecule has 0 fully saturated rings. The molecular formula is C99H79N7. The van der Waals surface area contributed by atoms with E-state index in [1.807, 2.05) is 146 Å². The van der Waals surface area contributed by atoms with Gasteiger partial charge in [0.2, 0.25) is 0 Å². The summed E-state index contributed by atoms with van der Waals surface area (Å²) >= 11 is 0. The molecule has 0 saturated carbocycles. The van der Waals surface area contributed by atoms with Crippen LogP contribution in [0.4, 0.5) is 68.2 Å². The molecule has 0 aliphatic rings. The van der Waals surface area contributed by atoms with Gasteiger partial charge in [0.15, 0.2) is 0 Å². The first-order chi connectivity index (χ1) is 52.5. The summed E-state index contributed by atoms with van der Waals surface area (Å²) in [6.45, 7) is 0. The van der Waals surface area contributed by atoms with Gasteiger partial charge in [-0.3, -0.25) is 4.98 Å². The average molecular weight is 1370 g/mol. The smallest absolute Gasteiger partial charge is 0.0722 e. The van der Waals surface area contributed by atoms with Gasteiger partial charge < -0.3 is 31.9 Å². The number of benzene rings is 18. The summed E-state index contributed by atoms with van der Waals surface area (Å²) in [4.78, 5) is 4.34. The molecule has 0 atom stereocenters. The summed E-state index contributed by atoms with van der Waals surface area (Å²) in [5.41, 5.74) is 14.4. The van der Waals surface area contributed by atoms with Crippen LogP contribution in [0.3, 0.4) is 0 Å². The molecule has 0 radical (unpaired) electrons. The van der Waals surface area contributed by atoms with Crippen LogP contribution >= 0.6 is 0 Å². The molecule has 0 saturated heterocycles. The maximum absolute atomic E-state index is 4.34. The Kier molecular flexibility index (Phi) is 23.0. The Balaban J connectivity index is 0.000000108. The van der Waals surface area contributed by atoms with Crippen molar-refractivity contribution in [1.29, 1.82) is 0 Å². The highest BCUT2D eigenvalue weighted by molar-refractivity contribution is 5.98. The van der Waals surface area contributed by atoms with Crippen molar-refractivity contribution < 1.29 is 0 Å². The maximum atomic E-state index is 4.34. The zero-order valence-corrected chi connectivity index (χ0v) is 58.6. The topological polar surface area (TPSA) is 85.1 Å². The average Bonchev–Trinajstić information content (AvgIpc) is 0.812. The predicted octanol–water partition coefficient (Wildman–Crippen LogP) is 28.0. The summed E-state index contributed by atoms with van der Waals surface area (Å²) in [6, 6.07) is 150. The quantitative estimate of drug-likeness (QED) is 0.0727. The molecule has 106 heavy (non-hydrogen) atoms. The normalized spacial score (nSPS) is 10.5. The van der Waals surface area contributed by atoms with Gasteiger partial charge >= 0.3 is 0 Å². The van der Waals surface area contributed by atoms with E-state index in [0.717, 1.165) is 79.2 Å². The van der Waals surface area contributed by atoms with Crippen molar-refractivity contribution in [2.75, 3.05) is 31.9 Å². The van der Waals surface area contributed by atoms with E-state index in [2.05, 4.69) is 334 Å². The Bertz CT molecular complexity index is 5720. The van der Waals surface area contributed by atoms with E-state index in [9.17, 15) is 0 Å². The lowest BCUT2D eigenvalue weighted by Crippen LogP contribution is -1.91. The van der Waals surface area contributed by atoms with E-state index in [0.29, 0.717) is 0 Å².